The van der Waals surface area contributed by atoms with Crippen molar-refractivity contribution in [1.29, 1.82) is 0 Å². The van der Waals surface area contributed by atoms with Crippen LogP contribution in [0.15, 0.2) is 0 Å². The molecule has 0 aromatic rings. The van der Waals surface area contributed by atoms with Crippen molar-refractivity contribution in [2.75, 3.05) is 19.6 Å². The van der Waals surface area contributed by atoms with E-state index >= 15 is 0 Å². The normalized spacial score (nSPS) is 29.9. The smallest absolute Gasteiger partial charge is 0.322 e. The van der Waals surface area contributed by atoms with Gasteiger partial charge in [0.15, 0.2) is 0 Å². The van der Waals surface area contributed by atoms with Crippen LogP contribution in [0.5, 0.6) is 0 Å². The molecule has 2 saturated heterocycles. The molecule has 2 N–H and O–H groups in total. The molecule has 5 heteroatoms. The zero-order chi connectivity index (χ0) is 11.6. The van der Waals surface area contributed by atoms with Gasteiger partial charge < -0.3 is 10.6 Å². The van der Waals surface area contributed by atoms with E-state index in [9.17, 15) is 9.59 Å². The summed E-state index contributed by atoms with van der Waals surface area (Å²) in [5.41, 5.74) is -0.650. The SMILES string of the molecule is CCCCN1C(=O)NC2(CCCNC2)C1=O. The Hall–Kier alpha value is -1.10. The number of carbonyl (C=O) groups is 2. The molecule has 0 saturated carbocycles. The summed E-state index contributed by atoms with van der Waals surface area (Å²) in [7, 11) is 0. The predicted octanol–water partition coefficient (Wildman–Crippen LogP) is 0.460. The summed E-state index contributed by atoms with van der Waals surface area (Å²) in [6.07, 6.45) is 3.56. The standard InChI is InChI=1S/C11H19N3O2/c1-2-3-7-14-9(15)11(13-10(14)16)5-4-6-12-8-11/h12H,2-8H2,1H3,(H,13,16). The second kappa shape index (κ2) is 4.41. The Morgan fingerprint density at radius 1 is 1.44 bits per heavy atom. The van der Waals surface area contributed by atoms with Gasteiger partial charge in [-0.2, -0.15) is 0 Å². The Morgan fingerprint density at radius 2 is 2.25 bits per heavy atom. The highest BCUT2D eigenvalue weighted by atomic mass is 16.2. The molecule has 0 radical (unpaired) electrons. The molecule has 5 nitrogen and oxygen atoms in total. The number of nitrogens with zero attached hydrogens (tertiary/aromatic N) is 1. The molecule has 0 bridgehead atoms. The van der Waals surface area contributed by atoms with E-state index in [1.165, 1.54) is 4.90 Å². The van der Waals surface area contributed by atoms with Crippen LogP contribution in [0.25, 0.3) is 0 Å². The molecule has 3 amide bonds. The number of carbonyl (C=O) groups excluding carboxylic acids is 2. The topological polar surface area (TPSA) is 61.4 Å². The summed E-state index contributed by atoms with van der Waals surface area (Å²) in [6.45, 7) is 4.10. The number of piperidine rings is 1. The molecule has 2 aliphatic rings. The maximum atomic E-state index is 12.2. The average molecular weight is 225 g/mol. The van der Waals surface area contributed by atoms with Gasteiger partial charge in [0, 0.05) is 13.1 Å². The van der Waals surface area contributed by atoms with Gasteiger partial charge in [-0.3, -0.25) is 9.69 Å². The van der Waals surface area contributed by atoms with Gasteiger partial charge >= 0.3 is 6.03 Å². The molecule has 2 aliphatic heterocycles. The van der Waals surface area contributed by atoms with Crippen LogP contribution < -0.4 is 10.6 Å². The summed E-state index contributed by atoms with van der Waals surface area (Å²) in [5, 5.41) is 6.04. The molecule has 0 aromatic heterocycles. The minimum Gasteiger partial charge on any atom is -0.322 e. The first-order valence-electron chi connectivity index (χ1n) is 6.04. The van der Waals surface area contributed by atoms with E-state index in [1.807, 2.05) is 0 Å². The minimum absolute atomic E-state index is 0.0434. The fraction of sp³-hybridized carbons (Fsp3) is 0.818. The first-order valence-corrected chi connectivity index (χ1v) is 6.04. The molecule has 90 valence electrons. The van der Waals surface area contributed by atoms with Gasteiger partial charge in [-0.1, -0.05) is 13.3 Å². The number of rotatable bonds is 3. The molecular weight excluding hydrogens is 206 g/mol. The van der Waals surface area contributed by atoms with Gasteiger partial charge in [0.1, 0.15) is 5.54 Å². The molecule has 2 heterocycles. The van der Waals surface area contributed by atoms with Crippen molar-refractivity contribution in [1.82, 2.24) is 15.5 Å². The maximum Gasteiger partial charge on any atom is 0.325 e. The van der Waals surface area contributed by atoms with Crippen LogP contribution in [-0.4, -0.2) is 42.0 Å². The fourth-order valence-corrected chi connectivity index (χ4v) is 2.39. The van der Waals surface area contributed by atoms with E-state index in [4.69, 9.17) is 0 Å². The van der Waals surface area contributed by atoms with E-state index in [-0.39, 0.29) is 11.9 Å². The van der Waals surface area contributed by atoms with Gasteiger partial charge in [0.25, 0.3) is 5.91 Å². The Bertz CT molecular complexity index is 298. The average Bonchev–Trinajstić information content (AvgIpc) is 2.50. The van der Waals surface area contributed by atoms with Gasteiger partial charge in [-0.25, -0.2) is 4.79 Å². The molecule has 0 aromatic carbocycles. The Kier molecular flexibility index (Phi) is 3.14. The van der Waals surface area contributed by atoms with Gasteiger partial charge in [-0.05, 0) is 25.8 Å². The van der Waals surface area contributed by atoms with Crippen LogP contribution in [0, 0.1) is 0 Å². The largest absolute Gasteiger partial charge is 0.325 e. The van der Waals surface area contributed by atoms with Gasteiger partial charge in [0.2, 0.25) is 0 Å². The van der Waals surface area contributed by atoms with E-state index in [0.29, 0.717) is 13.1 Å². The van der Waals surface area contributed by atoms with Crippen LogP contribution in [0.1, 0.15) is 32.6 Å². The van der Waals surface area contributed by atoms with E-state index < -0.39 is 5.54 Å². The minimum atomic E-state index is -0.650. The first kappa shape index (κ1) is 11.4. The third kappa shape index (κ3) is 1.80. The molecule has 2 fully saturated rings. The molecule has 1 spiro atoms. The highest BCUT2D eigenvalue weighted by Crippen LogP contribution is 2.25. The Labute approximate surface area is 95.6 Å². The third-order valence-corrected chi connectivity index (χ3v) is 3.37. The third-order valence-electron chi connectivity index (χ3n) is 3.37. The molecular formula is C11H19N3O2. The summed E-state index contributed by atoms with van der Waals surface area (Å²) in [6, 6.07) is -0.220. The lowest BCUT2D eigenvalue weighted by Crippen LogP contribution is -2.57. The van der Waals surface area contributed by atoms with Crippen LogP contribution in [-0.2, 0) is 4.79 Å². The van der Waals surface area contributed by atoms with E-state index in [0.717, 1.165) is 32.2 Å². The number of hydrogen-bond acceptors (Lipinski definition) is 3. The fourth-order valence-electron chi connectivity index (χ4n) is 2.39. The number of hydrogen-bond donors (Lipinski definition) is 2. The number of urea groups is 1. The predicted molar refractivity (Wildman–Crippen MR) is 60.0 cm³/mol. The van der Waals surface area contributed by atoms with Gasteiger partial charge in [0.05, 0.1) is 0 Å². The first-order chi connectivity index (χ1) is 7.69. The monoisotopic (exact) mass is 225 g/mol. The van der Waals surface area contributed by atoms with Crippen molar-refractivity contribution in [2.45, 2.75) is 38.1 Å². The number of unbranched alkanes of at least 4 members (excludes halogenated alkanes) is 1. The van der Waals surface area contributed by atoms with Crippen molar-refractivity contribution < 1.29 is 9.59 Å². The second-order valence-electron chi connectivity index (χ2n) is 4.60. The van der Waals surface area contributed by atoms with Crippen molar-refractivity contribution >= 4 is 11.9 Å². The molecule has 16 heavy (non-hydrogen) atoms. The van der Waals surface area contributed by atoms with Crippen LogP contribution >= 0.6 is 0 Å². The zero-order valence-electron chi connectivity index (χ0n) is 9.71. The molecule has 1 atom stereocenters. The van der Waals surface area contributed by atoms with Crippen LogP contribution in [0.4, 0.5) is 4.79 Å². The van der Waals surface area contributed by atoms with E-state index in [2.05, 4.69) is 17.6 Å². The number of nitrogens with one attached hydrogen (secondary N) is 2. The summed E-state index contributed by atoms with van der Waals surface area (Å²) >= 11 is 0. The van der Waals surface area contributed by atoms with Crippen LogP contribution in [0.3, 0.4) is 0 Å². The molecule has 0 aliphatic carbocycles. The quantitative estimate of drug-likeness (QED) is 0.686. The van der Waals surface area contributed by atoms with Crippen molar-refractivity contribution in [2.24, 2.45) is 0 Å². The summed E-state index contributed by atoms with van der Waals surface area (Å²) < 4.78 is 0. The number of imide groups is 1. The van der Waals surface area contributed by atoms with Crippen molar-refractivity contribution in [3.8, 4) is 0 Å². The summed E-state index contributed by atoms with van der Waals surface area (Å²) in [5.74, 6) is -0.0434. The lowest BCUT2D eigenvalue weighted by Gasteiger charge is -2.31. The highest BCUT2D eigenvalue weighted by Gasteiger charge is 2.51. The zero-order valence-corrected chi connectivity index (χ0v) is 9.71. The van der Waals surface area contributed by atoms with Crippen molar-refractivity contribution in [3.63, 3.8) is 0 Å². The lowest BCUT2D eigenvalue weighted by atomic mass is 9.90. The van der Waals surface area contributed by atoms with Crippen molar-refractivity contribution in [3.05, 3.63) is 0 Å². The lowest BCUT2D eigenvalue weighted by molar-refractivity contribution is -0.131. The Morgan fingerprint density at radius 3 is 2.88 bits per heavy atom. The Balaban J connectivity index is 2.08. The maximum absolute atomic E-state index is 12.2. The van der Waals surface area contributed by atoms with Crippen LogP contribution in [0.2, 0.25) is 0 Å². The molecule has 1 unspecified atom stereocenters. The summed E-state index contributed by atoms with van der Waals surface area (Å²) in [4.78, 5) is 25.3. The van der Waals surface area contributed by atoms with Gasteiger partial charge in [-0.15, -0.1) is 0 Å². The highest BCUT2D eigenvalue weighted by molar-refractivity contribution is 6.07. The van der Waals surface area contributed by atoms with E-state index in [1.54, 1.807) is 0 Å². The molecule has 2 rings (SSSR count). The number of amides is 3. The second-order valence-corrected chi connectivity index (χ2v) is 4.60.